The summed E-state index contributed by atoms with van der Waals surface area (Å²) >= 11 is 0. The molecule has 0 radical (unpaired) electrons. The summed E-state index contributed by atoms with van der Waals surface area (Å²) in [6.45, 7) is 0. The maximum absolute atomic E-state index is 12.6. The summed E-state index contributed by atoms with van der Waals surface area (Å²) in [6, 6.07) is 0. The summed E-state index contributed by atoms with van der Waals surface area (Å²) < 4.78 is 23.9. The van der Waals surface area contributed by atoms with Crippen molar-refractivity contribution in [1.82, 2.24) is 4.90 Å². The van der Waals surface area contributed by atoms with Crippen molar-refractivity contribution >= 4 is 0 Å². The number of quaternary nitrogens is 1. The highest BCUT2D eigenvalue weighted by atomic mass is 19.2. The molecule has 0 heterocycles. The second kappa shape index (κ2) is 2.58. The molecular formula is C5H13F2N2+. The van der Waals surface area contributed by atoms with Crippen molar-refractivity contribution in [3.05, 3.63) is 0 Å². The molecule has 0 bridgehead atoms. The Hall–Kier alpha value is -0.220. The van der Waals surface area contributed by atoms with E-state index in [4.69, 9.17) is 0 Å². The van der Waals surface area contributed by atoms with Crippen LogP contribution in [0.25, 0.3) is 0 Å². The van der Waals surface area contributed by atoms with E-state index in [2.05, 4.69) is 0 Å². The molecule has 0 amide bonds. The van der Waals surface area contributed by atoms with Crippen molar-refractivity contribution in [3.63, 3.8) is 0 Å². The topological polar surface area (TPSA) is 3.24 Å². The minimum Gasteiger partial charge on any atom is -0.229 e. The molecule has 1 atom stereocenters. The molecule has 0 saturated carbocycles. The molecule has 0 aromatic carbocycles. The Morgan fingerprint density at radius 2 is 1.67 bits per heavy atom. The van der Waals surface area contributed by atoms with E-state index in [0.717, 1.165) is 14.1 Å². The van der Waals surface area contributed by atoms with Crippen LogP contribution in [0.3, 0.4) is 0 Å². The van der Waals surface area contributed by atoms with Crippen molar-refractivity contribution in [2.45, 2.75) is 6.42 Å². The van der Waals surface area contributed by atoms with Gasteiger partial charge in [-0.25, -0.2) is 4.90 Å². The number of hydrogen-bond donors (Lipinski definition) is 0. The highest BCUT2D eigenvalue weighted by Gasteiger charge is 2.30. The Kier molecular flexibility index (Phi) is 2.51. The summed E-state index contributed by atoms with van der Waals surface area (Å²) in [5.41, 5.74) is 0. The first-order chi connectivity index (χ1) is 3.85. The van der Waals surface area contributed by atoms with E-state index >= 15 is 0 Å². The Balaban J connectivity index is 3.88. The Bertz CT molecular complexity index is 87.4. The van der Waals surface area contributed by atoms with Gasteiger partial charge in [-0.15, -0.1) is 0 Å². The molecule has 4 heteroatoms. The largest absolute Gasteiger partial charge is 0.327 e. The van der Waals surface area contributed by atoms with Crippen LogP contribution < -0.4 is 0 Å². The smallest absolute Gasteiger partial charge is 0.229 e. The lowest BCUT2D eigenvalue weighted by molar-refractivity contribution is -1.07. The van der Waals surface area contributed by atoms with Gasteiger partial charge < -0.3 is 0 Å². The van der Waals surface area contributed by atoms with Crippen molar-refractivity contribution in [1.29, 1.82) is 0 Å². The molecular weight excluding hydrogens is 126 g/mol. The van der Waals surface area contributed by atoms with Gasteiger partial charge in [0, 0.05) is 0 Å². The van der Waals surface area contributed by atoms with E-state index in [-0.39, 0.29) is 0 Å². The summed E-state index contributed by atoms with van der Waals surface area (Å²) in [7, 11) is 5.30. The average Bonchev–Trinajstić information content (AvgIpc) is 1.62. The first-order valence-electron chi connectivity index (χ1n) is 2.69. The minimum absolute atomic E-state index is 1.16. The molecule has 1 unspecified atom stereocenters. The van der Waals surface area contributed by atoms with Gasteiger partial charge in [-0.1, -0.05) is 4.71 Å². The van der Waals surface area contributed by atoms with Crippen molar-refractivity contribution in [2.75, 3.05) is 28.2 Å². The molecule has 0 aliphatic carbocycles. The SMILES string of the molecule is CN(C)C(F)[N+](C)(C)F. The van der Waals surface area contributed by atoms with Gasteiger partial charge in [-0.3, -0.25) is 0 Å². The summed E-state index contributed by atoms with van der Waals surface area (Å²) in [5, 5.41) is 0. The first kappa shape index (κ1) is 8.78. The van der Waals surface area contributed by atoms with Crippen LogP contribution in [0.4, 0.5) is 8.87 Å². The van der Waals surface area contributed by atoms with Gasteiger partial charge in [-0.05, 0) is 18.6 Å². The maximum Gasteiger partial charge on any atom is 0.327 e. The standard InChI is InChI=1S/C5H13F2N2/c1-8(2)5(6)9(3,4)7/h5H,1-4H3/q+1. The van der Waals surface area contributed by atoms with Crippen LogP contribution >= 0.6 is 0 Å². The molecule has 0 fully saturated rings. The molecule has 56 valence electrons. The lowest BCUT2D eigenvalue weighted by Gasteiger charge is -2.24. The van der Waals surface area contributed by atoms with Crippen molar-refractivity contribution < 1.29 is 13.6 Å². The van der Waals surface area contributed by atoms with Crippen LogP contribution in [0.1, 0.15) is 0 Å². The van der Waals surface area contributed by atoms with Crippen LogP contribution in [0.5, 0.6) is 0 Å². The highest BCUT2D eigenvalue weighted by Crippen LogP contribution is 2.09. The number of halogens is 2. The van der Waals surface area contributed by atoms with E-state index in [1.165, 1.54) is 19.0 Å². The first-order valence-corrected chi connectivity index (χ1v) is 2.69. The van der Waals surface area contributed by atoms with Crippen LogP contribution in [0.15, 0.2) is 0 Å². The number of nitrogens with zero attached hydrogens (tertiary/aromatic N) is 2. The second-order valence-electron chi connectivity index (χ2n) is 2.67. The minimum atomic E-state index is -1.58. The zero-order chi connectivity index (χ0) is 7.65. The van der Waals surface area contributed by atoms with Gasteiger partial charge in [0.05, 0.1) is 0 Å². The predicted molar refractivity (Wildman–Crippen MR) is 31.8 cm³/mol. The number of alkyl halides is 1. The van der Waals surface area contributed by atoms with Crippen LogP contribution in [-0.4, -0.2) is 44.2 Å². The molecule has 0 N–H and O–H groups in total. The molecule has 0 aliphatic heterocycles. The lowest BCUT2D eigenvalue weighted by atomic mass is 10.7. The third-order valence-corrected chi connectivity index (χ3v) is 0.933. The van der Waals surface area contributed by atoms with E-state index in [1.807, 2.05) is 0 Å². The Morgan fingerprint density at radius 3 is 1.67 bits per heavy atom. The van der Waals surface area contributed by atoms with E-state index in [1.54, 1.807) is 0 Å². The molecule has 0 rings (SSSR count). The van der Waals surface area contributed by atoms with Crippen molar-refractivity contribution in [3.8, 4) is 0 Å². The van der Waals surface area contributed by atoms with Gasteiger partial charge in [0.25, 0.3) is 0 Å². The third-order valence-electron chi connectivity index (χ3n) is 0.933. The maximum atomic E-state index is 12.6. The fraction of sp³-hybridized carbons (Fsp3) is 1.00. The van der Waals surface area contributed by atoms with Crippen LogP contribution in [-0.2, 0) is 0 Å². The zero-order valence-corrected chi connectivity index (χ0v) is 6.23. The van der Waals surface area contributed by atoms with Gasteiger partial charge in [0.1, 0.15) is 14.1 Å². The van der Waals surface area contributed by atoms with Crippen molar-refractivity contribution in [2.24, 2.45) is 0 Å². The number of hydrogen-bond acceptors (Lipinski definition) is 1. The fourth-order valence-corrected chi connectivity index (χ4v) is 0.549. The second-order valence-corrected chi connectivity index (χ2v) is 2.67. The molecule has 0 aromatic heterocycles. The lowest BCUT2D eigenvalue weighted by Crippen LogP contribution is -2.46. The van der Waals surface area contributed by atoms with E-state index in [9.17, 15) is 8.87 Å². The summed E-state index contributed by atoms with van der Waals surface area (Å²) in [5.74, 6) is 0. The van der Waals surface area contributed by atoms with Gasteiger partial charge in [-0.2, -0.15) is 4.39 Å². The quantitative estimate of drug-likeness (QED) is 0.310. The normalized spacial score (nSPS) is 16.3. The van der Waals surface area contributed by atoms with E-state index in [0.29, 0.717) is 0 Å². The van der Waals surface area contributed by atoms with Gasteiger partial charge in [0.15, 0.2) is 0 Å². The molecule has 0 saturated heterocycles. The molecule has 9 heavy (non-hydrogen) atoms. The Morgan fingerprint density at radius 1 is 1.33 bits per heavy atom. The molecule has 2 nitrogen and oxygen atoms in total. The summed E-state index contributed by atoms with van der Waals surface area (Å²) in [4.78, 5) is 1.18. The monoisotopic (exact) mass is 139 g/mol. The zero-order valence-electron chi connectivity index (χ0n) is 6.23. The predicted octanol–water partition coefficient (Wildman–Crippen LogP) is 0.762. The molecule has 0 aromatic rings. The van der Waals surface area contributed by atoms with Crippen LogP contribution in [0.2, 0.25) is 0 Å². The van der Waals surface area contributed by atoms with E-state index < -0.39 is 11.1 Å². The summed E-state index contributed by atoms with van der Waals surface area (Å²) in [6.07, 6.45) is -1.58. The molecule has 0 aliphatic rings. The average molecular weight is 139 g/mol. The van der Waals surface area contributed by atoms with Gasteiger partial charge >= 0.3 is 6.42 Å². The third kappa shape index (κ3) is 2.72. The Labute approximate surface area is 54.2 Å². The van der Waals surface area contributed by atoms with Gasteiger partial charge in [0.2, 0.25) is 0 Å². The highest BCUT2D eigenvalue weighted by molar-refractivity contribution is 4.31. The fourth-order valence-electron chi connectivity index (χ4n) is 0.549. The van der Waals surface area contributed by atoms with Crippen LogP contribution in [0, 0.1) is 0 Å². The molecule has 0 spiro atoms. The number of rotatable bonds is 2.